The second-order valence-electron chi connectivity index (χ2n) is 8.02. The van der Waals surface area contributed by atoms with Crippen molar-refractivity contribution in [1.29, 1.82) is 0 Å². The Morgan fingerprint density at radius 1 is 1.00 bits per heavy atom. The number of ether oxygens (including phenoxy) is 1. The Bertz CT molecular complexity index is 1350. The Kier molecular flexibility index (Phi) is 6.66. The summed E-state index contributed by atoms with van der Waals surface area (Å²) >= 11 is 5.99. The Morgan fingerprint density at radius 3 is 2.43 bits per heavy atom. The minimum atomic E-state index is -0.840. The van der Waals surface area contributed by atoms with Gasteiger partial charge in [0.05, 0.1) is 22.4 Å². The van der Waals surface area contributed by atoms with E-state index in [1.54, 1.807) is 31.2 Å². The minimum absolute atomic E-state index is 0.0177. The molecule has 9 heteroatoms. The number of anilines is 1. The highest BCUT2D eigenvalue weighted by atomic mass is 35.5. The van der Waals surface area contributed by atoms with Gasteiger partial charge >= 0.3 is 5.97 Å². The molecule has 0 bridgehead atoms. The number of carbonyl (C=O) groups excluding carboxylic acids is 4. The van der Waals surface area contributed by atoms with Crippen molar-refractivity contribution in [2.75, 3.05) is 18.6 Å². The number of para-hydroxylation sites is 1. The van der Waals surface area contributed by atoms with Crippen LogP contribution >= 0.6 is 11.6 Å². The van der Waals surface area contributed by atoms with Gasteiger partial charge in [-0.25, -0.2) is 14.1 Å². The van der Waals surface area contributed by atoms with Gasteiger partial charge in [-0.3, -0.25) is 14.4 Å². The van der Waals surface area contributed by atoms with Crippen molar-refractivity contribution in [1.82, 2.24) is 4.90 Å². The van der Waals surface area contributed by atoms with E-state index in [1.165, 1.54) is 48.3 Å². The summed E-state index contributed by atoms with van der Waals surface area (Å²) in [5.74, 6) is -3.00. The lowest BCUT2D eigenvalue weighted by Gasteiger charge is -2.18. The maximum absolute atomic E-state index is 14.0. The van der Waals surface area contributed by atoms with Gasteiger partial charge in [-0.05, 0) is 48.9 Å². The summed E-state index contributed by atoms with van der Waals surface area (Å²) in [6, 6.07) is 15.2. The molecule has 1 aliphatic rings. The monoisotopic (exact) mass is 494 g/mol. The lowest BCUT2D eigenvalue weighted by molar-refractivity contribution is -0.133. The number of imide groups is 1. The van der Waals surface area contributed by atoms with Gasteiger partial charge in [-0.1, -0.05) is 35.9 Å². The lowest BCUT2D eigenvalue weighted by atomic mass is 10.1. The van der Waals surface area contributed by atoms with E-state index < -0.39 is 36.1 Å². The third-order valence-corrected chi connectivity index (χ3v) is 6.04. The molecule has 4 rings (SSSR count). The maximum atomic E-state index is 14.0. The summed E-state index contributed by atoms with van der Waals surface area (Å²) in [5.41, 5.74) is 1.63. The average Bonchev–Trinajstić information content (AvgIpc) is 3.09. The number of rotatable bonds is 6. The number of hydrogen-bond donors (Lipinski definition) is 0. The van der Waals surface area contributed by atoms with E-state index in [9.17, 15) is 23.6 Å². The Balaban J connectivity index is 1.44. The molecule has 0 saturated heterocycles. The molecule has 3 aromatic carbocycles. The summed E-state index contributed by atoms with van der Waals surface area (Å²) in [6.07, 6.45) is 0. The van der Waals surface area contributed by atoms with Gasteiger partial charge in [0.1, 0.15) is 5.82 Å². The molecule has 7 nitrogen and oxygen atoms in total. The van der Waals surface area contributed by atoms with Crippen molar-refractivity contribution in [3.05, 3.63) is 99.3 Å². The Labute approximate surface area is 205 Å². The molecule has 0 aromatic heterocycles. The van der Waals surface area contributed by atoms with E-state index in [0.717, 1.165) is 10.5 Å². The quantitative estimate of drug-likeness (QED) is 0.374. The number of benzene rings is 3. The maximum Gasteiger partial charge on any atom is 0.338 e. The number of amides is 3. The number of halogens is 2. The molecular formula is C26H20ClFN2O5. The van der Waals surface area contributed by atoms with Gasteiger partial charge in [0, 0.05) is 24.2 Å². The number of carbonyl (C=O) groups is 4. The molecule has 178 valence electrons. The SMILES string of the molecule is Cc1ccccc1N1C(=O)c2ccc(C(=O)OCC(=O)N(C)Cc3c(F)cccc3Cl)cc2C1=O. The van der Waals surface area contributed by atoms with Crippen molar-refractivity contribution in [3.8, 4) is 0 Å². The summed E-state index contributed by atoms with van der Waals surface area (Å²) in [4.78, 5) is 53.0. The summed E-state index contributed by atoms with van der Waals surface area (Å²) in [5, 5.41) is 0.179. The normalized spacial score (nSPS) is 12.5. The highest BCUT2D eigenvalue weighted by Crippen LogP contribution is 2.31. The Hall–Kier alpha value is -4.04. The van der Waals surface area contributed by atoms with Crippen LogP contribution in [0.15, 0.2) is 60.7 Å². The first-order valence-corrected chi connectivity index (χ1v) is 11.0. The van der Waals surface area contributed by atoms with E-state index in [4.69, 9.17) is 16.3 Å². The molecule has 0 radical (unpaired) electrons. The topological polar surface area (TPSA) is 84.0 Å². The first-order chi connectivity index (χ1) is 16.7. The predicted molar refractivity (Wildman–Crippen MR) is 127 cm³/mol. The van der Waals surface area contributed by atoms with Crippen molar-refractivity contribution in [2.45, 2.75) is 13.5 Å². The zero-order valence-corrected chi connectivity index (χ0v) is 19.6. The Morgan fingerprint density at radius 2 is 1.71 bits per heavy atom. The number of esters is 1. The third kappa shape index (κ3) is 4.65. The number of hydrogen-bond acceptors (Lipinski definition) is 5. The van der Waals surface area contributed by atoms with Crippen LogP contribution in [0.5, 0.6) is 0 Å². The van der Waals surface area contributed by atoms with E-state index in [0.29, 0.717) is 5.69 Å². The molecule has 3 amide bonds. The molecule has 0 N–H and O–H groups in total. The highest BCUT2D eigenvalue weighted by Gasteiger charge is 2.37. The fourth-order valence-corrected chi connectivity index (χ4v) is 3.95. The third-order valence-electron chi connectivity index (χ3n) is 5.69. The van der Waals surface area contributed by atoms with Crippen LogP contribution in [0, 0.1) is 12.7 Å². The van der Waals surface area contributed by atoms with Crippen molar-refractivity contribution in [2.24, 2.45) is 0 Å². The smallest absolute Gasteiger partial charge is 0.338 e. The van der Waals surface area contributed by atoms with Crippen LogP contribution in [0.25, 0.3) is 0 Å². The molecule has 0 unspecified atom stereocenters. The van der Waals surface area contributed by atoms with Crippen LogP contribution in [-0.4, -0.2) is 42.2 Å². The van der Waals surface area contributed by atoms with Crippen LogP contribution in [0.4, 0.5) is 10.1 Å². The molecular weight excluding hydrogens is 475 g/mol. The zero-order valence-electron chi connectivity index (χ0n) is 18.9. The first-order valence-electron chi connectivity index (χ1n) is 10.6. The van der Waals surface area contributed by atoms with Gasteiger partial charge in [-0.15, -0.1) is 0 Å². The van der Waals surface area contributed by atoms with Crippen LogP contribution in [-0.2, 0) is 16.1 Å². The number of aryl methyl sites for hydroxylation is 1. The van der Waals surface area contributed by atoms with E-state index in [-0.39, 0.29) is 33.8 Å². The molecule has 0 spiro atoms. The van der Waals surface area contributed by atoms with Crippen LogP contribution in [0.3, 0.4) is 0 Å². The predicted octanol–water partition coefficient (Wildman–Crippen LogP) is 4.40. The summed E-state index contributed by atoms with van der Waals surface area (Å²) in [7, 11) is 1.43. The lowest BCUT2D eigenvalue weighted by Crippen LogP contribution is -2.31. The minimum Gasteiger partial charge on any atom is -0.452 e. The number of nitrogens with zero attached hydrogens (tertiary/aromatic N) is 2. The number of likely N-dealkylation sites (N-methyl/N-ethyl adjacent to an activating group) is 1. The molecule has 35 heavy (non-hydrogen) atoms. The van der Waals surface area contributed by atoms with Crippen LogP contribution < -0.4 is 4.90 Å². The fourth-order valence-electron chi connectivity index (χ4n) is 3.73. The standard InChI is InChI=1S/C26H20ClFN2O5/c1-15-6-3-4-9-22(15)30-24(32)17-11-10-16(12-18(17)25(30)33)26(34)35-14-23(31)29(2)13-19-20(27)7-5-8-21(19)28/h3-12H,13-14H2,1-2H3. The molecule has 0 aliphatic carbocycles. The zero-order chi connectivity index (χ0) is 25.3. The second kappa shape index (κ2) is 9.68. The first kappa shape index (κ1) is 24.1. The van der Waals surface area contributed by atoms with Crippen molar-refractivity contribution in [3.63, 3.8) is 0 Å². The van der Waals surface area contributed by atoms with E-state index in [2.05, 4.69) is 0 Å². The molecule has 1 heterocycles. The molecule has 0 fully saturated rings. The van der Waals surface area contributed by atoms with Gasteiger partial charge in [0.2, 0.25) is 0 Å². The number of fused-ring (bicyclic) bond motifs is 1. The fraction of sp³-hybridized carbons (Fsp3) is 0.154. The average molecular weight is 495 g/mol. The van der Waals surface area contributed by atoms with E-state index in [1.807, 2.05) is 0 Å². The van der Waals surface area contributed by atoms with Gasteiger partial charge < -0.3 is 9.64 Å². The second-order valence-corrected chi connectivity index (χ2v) is 8.43. The molecule has 1 aliphatic heterocycles. The summed E-state index contributed by atoms with van der Waals surface area (Å²) in [6.45, 7) is 1.09. The van der Waals surface area contributed by atoms with Crippen molar-refractivity contribution >= 4 is 41.0 Å². The van der Waals surface area contributed by atoms with Crippen LogP contribution in [0.2, 0.25) is 5.02 Å². The highest BCUT2D eigenvalue weighted by molar-refractivity contribution is 6.35. The van der Waals surface area contributed by atoms with Gasteiger partial charge in [0.15, 0.2) is 6.61 Å². The van der Waals surface area contributed by atoms with E-state index >= 15 is 0 Å². The largest absolute Gasteiger partial charge is 0.452 e. The molecule has 3 aromatic rings. The van der Waals surface area contributed by atoms with Gasteiger partial charge in [0.25, 0.3) is 17.7 Å². The van der Waals surface area contributed by atoms with Crippen LogP contribution in [0.1, 0.15) is 42.2 Å². The van der Waals surface area contributed by atoms with Crippen molar-refractivity contribution < 1.29 is 28.3 Å². The summed E-state index contributed by atoms with van der Waals surface area (Å²) < 4.78 is 19.1. The van der Waals surface area contributed by atoms with Gasteiger partial charge in [-0.2, -0.15) is 0 Å². The molecule has 0 atom stereocenters. The molecule has 0 saturated carbocycles.